The predicted molar refractivity (Wildman–Crippen MR) is 79.9 cm³/mol. The van der Waals surface area contributed by atoms with Gasteiger partial charge in [-0.05, 0) is 13.0 Å². The Morgan fingerprint density at radius 2 is 2.09 bits per heavy atom. The molecule has 0 aliphatic carbocycles. The van der Waals surface area contributed by atoms with Crippen molar-refractivity contribution in [3.05, 3.63) is 23.2 Å². The standard InChI is InChI=1S/C16H22N2O4/c1-10(2)13-7-12(11(3)21-13)14(19)18-6-5-16(9-18)8-17(4)15(20)22-16/h7,10H,5-6,8-9H2,1-4H3. The number of amides is 2. The molecule has 1 aromatic rings. The third kappa shape index (κ3) is 2.36. The number of hydrogen-bond donors (Lipinski definition) is 0. The fourth-order valence-electron chi connectivity index (χ4n) is 3.19. The molecular weight excluding hydrogens is 284 g/mol. The number of likely N-dealkylation sites (N-methyl/N-ethyl adjacent to an activating group) is 1. The maximum Gasteiger partial charge on any atom is 0.410 e. The Morgan fingerprint density at radius 1 is 1.36 bits per heavy atom. The van der Waals surface area contributed by atoms with Gasteiger partial charge in [-0.25, -0.2) is 4.79 Å². The van der Waals surface area contributed by atoms with Crippen LogP contribution in [0.25, 0.3) is 0 Å². The molecule has 120 valence electrons. The number of hydrogen-bond acceptors (Lipinski definition) is 4. The van der Waals surface area contributed by atoms with E-state index >= 15 is 0 Å². The zero-order valence-corrected chi connectivity index (χ0v) is 13.5. The van der Waals surface area contributed by atoms with Crippen LogP contribution in [-0.2, 0) is 4.74 Å². The highest BCUT2D eigenvalue weighted by atomic mass is 16.6. The normalized spacial score (nSPS) is 24.7. The molecule has 22 heavy (non-hydrogen) atoms. The number of furan rings is 1. The molecule has 0 aromatic carbocycles. The van der Waals surface area contributed by atoms with E-state index in [4.69, 9.17) is 9.15 Å². The van der Waals surface area contributed by atoms with Crippen LogP contribution in [0.15, 0.2) is 10.5 Å². The monoisotopic (exact) mass is 306 g/mol. The minimum absolute atomic E-state index is 0.0457. The van der Waals surface area contributed by atoms with Crippen LogP contribution in [0.3, 0.4) is 0 Å². The molecule has 0 bridgehead atoms. The first-order chi connectivity index (χ1) is 10.3. The van der Waals surface area contributed by atoms with Gasteiger partial charge in [-0.15, -0.1) is 0 Å². The molecular formula is C16H22N2O4. The summed E-state index contributed by atoms with van der Waals surface area (Å²) >= 11 is 0. The van der Waals surface area contributed by atoms with E-state index in [1.165, 1.54) is 0 Å². The molecule has 1 unspecified atom stereocenters. The summed E-state index contributed by atoms with van der Waals surface area (Å²) in [5.41, 5.74) is 0.0680. The van der Waals surface area contributed by atoms with Crippen molar-refractivity contribution in [2.75, 3.05) is 26.7 Å². The number of likely N-dealkylation sites (tertiary alicyclic amines) is 1. The largest absolute Gasteiger partial charge is 0.465 e. The van der Waals surface area contributed by atoms with Crippen LogP contribution in [-0.4, -0.2) is 54.1 Å². The fourth-order valence-corrected chi connectivity index (χ4v) is 3.19. The SMILES string of the molecule is Cc1oc(C(C)C)cc1C(=O)N1CCC2(CN(C)C(=O)O2)C1. The summed E-state index contributed by atoms with van der Waals surface area (Å²) in [6.45, 7) is 7.47. The van der Waals surface area contributed by atoms with Crippen molar-refractivity contribution >= 4 is 12.0 Å². The van der Waals surface area contributed by atoms with Crippen molar-refractivity contribution in [1.82, 2.24) is 9.80 Å². The van der Waals surface area contributed by atoms with Gasteiger partial charge in [0.2, 0.25) is 0 Å². The fraction of sp³-hybridized carbons (Fsp3) is 0.625. The lowest BCUT2D eigenvalue weighted by Crippen LogP contribution is -2.39. The van der Waals surface area contributed by atoms with Crippen LogP contribution < -0.4 is 0 Å². The van der Waals surface area contributed by atoms with Crippen LogP contribution in [0.2, 0.25) is 0 Å². The Bertz CT molecular complexity index is 622. The first-order valence-electron chi connectivity index (χ1n) is 7.65. The molecule has 2 fully saturated rings. The van der Waals surface area contributed by atoms with Gasteiger partial charge in [0.25, 0.3) is 5.91 Å². The first kappa shape index (κ1) is 14.9. The van der Waals surface area contributed by atoms with E-state index in [0.717, 1.165) is 5.76 Å². The maximum absolute atomic E-state index is 12.7. The minimum atomic E-state index is -0.542. The van der Waals surface area contributed by atoms with E-state index in [2.05, 4.69) is 0 Å². The van der Waals surface area contributed by atoms with Crippen molar-refractivity contribution < 1.29 is 18.7 Å². The van der Waals surface area contributed by atoms with Gasteiger partial charge in [-0.3, -0.25) is 4.79 Å². The Labute approximate surface area is 130 Å². The topological polar surface area (TPSA) is 63.0 Å². The second-order valence-corrected chi connectivity index (χ2v) is 6.66. The Kier molecular flexibility index (Phi) is 3.42. The van der Waals surface area contributed by atoms with Crippen molar-refractivity contribution in [2.45, 2.75) is 38.7 Å². The van der Waals surface area contributed by atoms with Gasteiger partial charge in [0, 0.05) is 25.9 Å². The Morgan fingerprint density at radius 3 is 2.64 bits per heavy atom. The van der Waals surface area contributed by atoms with E-state index in [0.29, 0.717) is 37.4 Å². The van der Waals surface area contributed by atoms with E-state index in [9.17, 15) is 9.59 Å². The highest BCUT2D eigenvalue weighted by molar-refractivity contribution is 5.95. The van der Waals surface area contributed by atoms with E-state index in [-0.39, 0.29) is 17.9 Å². The van der Waals surface area contributed by atoms with Gasteiger partial charge in [0.05, 0.1) is 18.7 Å². The molecule has 3 heterocycles. The first-order valence-corrected chi connectivity index (χ1v) is 7.65. The zero-order chi connectivity index (χ0) is 16.1. The van der Waals surface area contributed by atoms with Gasteiger partial charge < -0.3 is 19.0 Å². The average molecular weight is 306 g/mol. The van der Waals surface area contributed by atoms with Crippen molar-refractivity contribution in [3.63, 3.8) is 0 Å². The number of rotatable bonds is 2. The third-order valence-corrected chi connectivity index (χ3v) is 4.48. The number of aryl methyl sites for hydroxylation is 1. The van der Waals surface area contributed by atoms with Gasteiger partial charge in [0.15, 0.2) is 5.60 Å². The van der Waals surface area contributed by atoms with E-state index < -0.39 is 5.60 Å². The molecule has 1 spiro atoms. The molecule has 6 heteroatoms. The summed E-state index contributed by atoms with van der Waals surface area (Å²) in [5.74, 6) is 1.67. The molecule has 2 amide bonds. The number of carbonyl (C=O) groups excluding carboxylic acids is 2. The van der Waals surface area contributed by atoms with Crippen LogP contribution in [0, 0.1) is 6.92 Å². The molecule has 1 aromatic heterocycles. The number of nitrogens with zero attached hydrogens (tertiary/aromatic N) is 2. The second kappa shape index (κ2) is 5.04. The third-order valence-electron chi connectivity index (χ3n) is 4.48. The molecule has 6 nitrogen and oxygen atoms in total. The lowest BCUT2D eigenvalue weighted by atomic mass is 10.0. The highest BCUT2D eigenvalue weighted by Gasteiger charge is 2.49. The smallest absolute Gasteiger partial charge is 0.410 e. The molecule has 3 rings (SSSR count). The minimum Gasteiger partial charge on any atom is -0.465 e. The Balaban J connectivity index is 1.76. The Hall–Kier alpha value is -1.98. The molecule has 2 aliphatic rings. The van der Waals surface area contributed by atoms with Gasteiger partial charge >= 0.3 is 6.09 Å². The van der Waals surface area contributed by atoms with Crippen LogP contribution >= 0.6 is 0 Å². The summed E-state index contributed by atoms with van der Waals surface area (Å²) in [6, 6.07) is 1.83. The molecule has 1 atom stereocenters. The number of ether oxygens (including phenoxy) is 1. The van der Waals surface area contributed by atoms with Crippen LogP contribution in [0.5, 0.6) is 0 Å². The van der Waals surface area contributed by atoms with Crippen LogP contribution in [0.4, 0.5) is 4.79 Å². The molecule has 2 aliphatic heterocycles. The number of carbonyl (C=O) groups is 2. The van der Waals surface area contributed by atoms with Gasteiger partial charge in [-0.2, -0.15) is 0 Å². The molecule has 0 N–H and O–H groups in total. The summed E-state index contributed by atoms with van der Waals surface area (Å²) in [4.78, 5) is 27.6. The summed E-state index contributed by atoms with van der Waals surface area (Å²) in [6.07, 6.45) is 0.374. The molecule has 2 saturated heterocycles. The predicted octanol–water partition coefficient (Wildman–Crippen LogP) is 2.38. The zero-order valence-electron chi connectivity index (χ0n) is 13.5. The lowest BCUT2D eigenvalue weighted by Gasteiger charge is -2.21. The average Bonchev–Trinajstić information content (AvgIpc) is 3.09. The van der Waals surface area contributed by atoms with Crippen molar-refractivity contribution in [3.8, 4) is 0 Å². The van der Waals surface area contributed by atoms with Crippen LogP contribution in [0.1, 0.15) is 48.1 Å². The maximum atomic E-state index is 12.7. The molecule has 0 saturated carbocycles. The van der Waals surface area contributed by atoms with E-state index in [1.54, 1.807) is 16.8 Å². The quantitative estimate of drug-likeness (QED) is 0.841. The van der Waals surface area contributed by atoms with Crippen molar-refractivity contribution in [2.24, 2.45) is 0 Å². The van der Waals surface area contributed by atoms with Gasteiger partial charge in [0.1, 0.15) is 11.5 Å². The lowest BCUT2D eigenvalue weighted by molar-refractivity contribution is 0.0552. The highest BCUT2D eigenvalue weighted by Crippen LogP contribution is 2.33. The summed E-state index contributed by atoms with van der Waals surface area (Å²) in [5, 5.41) is 0. The molecule has 0 radical (unpaired) electrons. The van der Waals surface area contributed by atoms with E-state index in [1.807, 2.05) is 26.8 Å². The van der Waals surface area contributed by atoms with Gasteiger partial charge in [-0.1, -0.05) is 13.8 Å². The second-order valence-electron chi connectivity index (χ2n) is 6.66. The summed E-state index contributed by atoms with van der Waals surface area (Å²) < 4.78 is 11.1. The van der Waals surface area contributed by atoms with Crippen molar-refractivity contribution in [1.29, 1.82) is 0 Å². The summed E-state index contributed by atoms with van der Waals surface area (Å²) in [7, 11) is 1.72.